The van der Waals surface area contributed by atoms with Crippen LogP contribution in [0.3, 0.4) is 0 Å². The second-order valence-corrected chi connectivity index (χ2v) is 9.40. The molecule has 2 aromatic heterocycles. The number of aromatic amines is 1. The molecule has 0 bridgehead atoms. The molecule has 34 heavy (non-hydrogen) atoms. The number of allylic oxidation sites excluding steroid dienone is 2. The molecule has 2 aromatic rings. The predicted octanol–water partition coefficient (Wildman–Crippen LogP) is 4.86. The van der Waals surface area contributed by atoms with Gasteiger partial charge in [-0.15, -0.1) is 23.7 Å². The first-order valence-electron chi connectivity index (χ1n) is 12.1. The van der Waals surface area contributed by atoms with Gasteiger partial charge in [0.25, 0.3) is 0 Å². The SMILES string of the molecule is C#CCCN(CCC)c1ncc(CN2CCC(/C(N)=C(/C)c3cc[nH]c3/N=C\C)CC2)s1.CN.[HH]. The van der Waals surface area contributed by atoms with E-state index < -0.39 is 0 Å². The van der Waals surface area contributed by atoms with Gasteiger partial charge in [0.1, 0.15) is 5.82 Å². The molecule has 7 nitrogen and oxygen atoms in total. The molecule has 188 valence electrons. The molecule has 5 N–H and O–H groups in total. The number of hydrogen-bond acceptors (Lipinski definition) is 7. The van der Waals surface area contributed by atoms with Gasteiger partial charge in [-0.1, -0.05) is 6.92 Å². The van der Waals surface area contributed by atoms with Crippen molar-refractivity contribution in [2.45, 2.75) is 53.0 Å². The summed E-state index contributed by atoms with van der Waals surface area (Å²) in [5, 5.41) is 1.09. The highest BCUT2D eigenvalue weighted by molar-refractivity contribution is 7.15. The largest absolute Gasteiger partial charge is 0.402 e. The Morgan fingerprint density at radius 1 is 1.41 bits per heavy atom. The van der Waals surface area contributed by atoms with Crippen LogP contribution in [-0.2, 0) is 6.54 Å². The summed E-state index contributed by atoms with van der Waals surface area (Å²) in [5.41, 5.74) is 14.4. The molecule has 0 aliphatic carbocycles. The number of anilines is 1. The molecule has 3 heterocycles. The number of likely N-dealkylation sites (tertiary alicyclic amines) is 1. The molecular weight excluding hydrogens is 442 g/mol. The Labute approximate surface area is 210 Å². The lowest BCUT2D eigenvalue weighted by atomic mass is 9.90. The molecule has 8 heteroatoms. The maximum atomic E-state index is 6.62. The molecule has 0 spiro atoms. The van der Waals surface area contributed by atoms with Crippen molar-refractivity contribution in [2.75, 3.05) is 38.1 Å². The third-order valence-electron chi connectivity index (χ3n) is 6.06. The van der Waals surface area contributed by atoms with Gasteiger partial charge in [0.2, 0.25) is 0 Å². The molecule has 0 radical (unpaired) electrons. The molecule has 1 saturated heterocycles. The molecule has 3 rings (SSSR count). The number of rotatable bonds is 10. The first kappa shape index (κ1) is 27.6. The van der Waals surface area contributed by atoms with Gasteiger partial charge >= 0.3 is 0 Å². The second-order valence-electron chi connectivity index (χ2n) is 8.31. The summed E-state index contributed by atoms with van der Waals surface area (Å²) < 4.78 is 0. The van der Waals surface area contributed by atoms with Gasteiger partial charge in [0.05, 0.1) is 0 Å². The van der Waals surface area contributed by atoms with Crippen molar-refractivity contribution in [3.8, 4) is 12.3 Å². The quantitative estimate of drug-likeness (QED) is 0.330. The zero-order chi connectivity index (χ0) is 24.9. The average Bonchev–Trinajstić information content (AvgIpc) is 3.53. The van der Waals surface area contributed by atoms with E-state index in [1.54, 1.807) is 17.6 Å². The highest BCUT2D eigenvalue weighted by Gasteiger charge is 2.24. The fourth-order valence-electron chi connectivity index (χ4n) is 4.27. The van der Waals surface area contributed by atoms with Crippen molar-refractivity contribution >= 4 is 34.1 Å². The van der Waals surface area contributed by atoms with E-state index >= 15 is 0 Å². The summed E-state index contributed by atoms with van der Waals surface area (Å²) in [7, 11) is 1.50. The van der Waals surface area contributed by atoms with Crippen molar-refractivity contribution in [2.24, 2.45) is 22.4 Å². The van der Waals surface area contributed by atoms with Crippen LogP contribution in [0.25, 0.3) is 5.57 Å². The zero-order valence-corrected chi connectivity index (χ0v) is 22.0. The van der Waals surface area contributed by atoms with E-state index in [9.17, 15) is 0 Å². The maximum Gasteiger partial charge on any atom is 0.185 e. The van der Waals surface area contributed by atoms with Crippen LogP contribution in [0.5, 0.6) is 0 Å². The van der Waals surface area contributed by atoms with Crippen molar-refractivity contribution in [1.82, 2.24) is 14.9 Å². The maximum absolute atomic E-state index is 6.62. The molecule has 0 atom stereocenters. The van der Waals surface area contributed by atoms with Gasteiger partial charge in [-0.2, -0.15) is 0 Å². The van der Waals surface area contributed by atoms with Crippen LogP contribution >= 0.6 is 11.3 Å². The van der Waals surface area contributed by atoms with E-state index in [1.807, 2.05) is 19.3 Å². The van der Waals surface area contributed by atoms with Crippen LogP contribution in [-0.4, -0.2) is 54.3 Å². The summed E-state index contributed by atoms with van der Waals surface area (Å²) in [6, 6.07) is 2.06. The Morgan fingerprint density at radius 2 is 2.15 bits per heavy atom. The van der Waals surface area contributed by atoms with Gasteiger partial charge in [-0.05, 0) is 64.9 Å². The Morgan fingerprint density at radius 3 is 2.79 bits per heavy atom. The summed E-state index contributed by atoms with van der Waals surface area (Å²) >= 11 is 1.80. The second kappa shape index (κ2) is 14.6. The van der Waals surface area contributed by atoms with Gasteiger partial charge in [-0.3, -0.25) is 4.90 Å². The first-order chi connectivity index (χ1) is 16.6. The van der Waals surface area contributed by atoms with Gasteiger partial charge in [0.15, 0.2) is 5.13 Å². The molecule has 0 amide bonds. The predicted molar refractivity (Wildman–Crippen MR) is 150 cm³/mol. The highest BCUT2D eigenvalue weighted by atomic mass is 32.1. The Balaban J connectivity index is 0.00000199. The lowest BCUT2D eigenvalue weighted by Gasteiger charge is -2.32. The summed E-state index contributed by atoms with van der Waals surface area (Å²) in [4.78, 5) is 18.4. The summed E-state index contributed by atoms with van der Waals surface area (Å²) in [6.07, 6.45) is 15.2. The number of nitrogens with two attached hydrogens (primary N) is 2. The minimum absolute atomic E-state index is 0. The van der Waals surface area contributed by atoms with E-state index in [0.717, 1.165) is 86.2 Å². The van der Waals surface area contributed by atoms with Gasteiger partial charge < -0.3 is 21.4 Å². The molecule has 0 unspecified atom stereocenters. The minimum Gasteiger partial charge on any atom is -0.402 e. The number of nitrogens with one attached hydrogen (secondary N) is 1. The van der Waals surface area contributed by atoms with Gasteiger partial charge in [-0.25, -0.2) is 9.98 Å². The first-order valence-corrected chi connectivity index (χ1v) is 12.9. The number of piperidine rings is 1. The van der Waals surface area contributed by atoms with E-state index in [1.165, 1.54) is 11.9 Å². The average molecular weight is 486 g/mol. The number of nitrogens with zero attached hydrogens (tertiary/aromatic N) is 4. The van der Waals surface area contributed by atoms with Crippen LogP contribution in [0.4, 0.5) is 10.9 Å². The topological polar surface area (TPSA) is 99.6 Å². The molecule has 1 fully saturated rings. The highest BCUT2D eigenvalue weighted by Crippen LogP contribution is 2.32. The number of aromatic nitrogens is 2. The standard InChI is InChI=1S/C25H36N6S.CH5N.H2/c1-5-8-14-31(13-6-2)25-29-17-21(32-25)18-30-15-10-20(11-16-30)23(26)19(4)22-9-12-28-24(22)27-7-3;1-2;/h1,7,9,12,17,20,28H,6,8,10-11,13-16,18,26H2,2-4H3;2H2,1H3;1H/b23-19+,27-7-;;. The number of thiazole rings is 1. The lowest BCUT2D eigenvalue weighted by Crippen LogP contribution is -2.35. The minimum atomic E-state index is 0. The van der Waals surface area contributed by atoms with Crippen LogP contribution in [0.1, 0.15) is 58.3 Å². The fourth-order valence-corrected chi connectivity index (χ4v) is 5.28. The van der Waals surface area contributed by atoms with E-state index in [2.05, 4.69) is 56.3 Å². The molecule has 1 aliphatic rings. The summed E-state index contributed by atoms with van der Waals surface area (Å²) in [6.45, 7) is 11.2. The van der Waals surface area contributed by atoms with Crippen molar-refractivity contribution in [3.05, 3.63) is 34.6 Å². The number of terminal acetylenes is 1. The molecular formula is C26H43N7S. The molecule has 0 saturated carbocycles. The zero-order valence-electron chi connectivity index (χ0n) is 21.2. The van der Waals surface area contributed by atoms with Crippen LogP contribution in [0.15, 0.2) is 29.1 Å². The molecule has 0 aromatic carbocycles. The summed E-state index contributed by atoms with van der Waals surface area (Å²) in [5.74, 6) is 4.04. The third kappa shape index (κ3) is 7.45. The smallest absolute Gasteiger partial charge is 0.185 e. The van der Waals surface area contributed by atoms with Crippen molar-refractivity contribution < 1.29 is 1.43 Å². The Kier molecular flexibility index (Phi) is 11.9. The van der Waals surface area contributed by atoms with Gasteiger partial charge in [0, 0.05) is 68.1 Å². The Bertz CT molecular complexity index is 965. The third-order valence-corrected chi connectivity index (χ3v) is 7.10. The van der Waals surface area contributed by atoms with E-state index in [0.29, 0.717) is 5.92 Å². The number of H-pyrrole nitrogens is 1. The van der Waals surface area contributed by atoms with Crippen LogP contribution in [0.2, 0.25) is 0 Å². The number of hydrogen-bond donors (Lipinski definition) is 3. The fraction of sp³-hybridized carbons (Fsp3) is 0.538. The van der Waals surface area contributed by atoms with Crippen molar-refractivity contribution in [1.29, 1.82) is 0 Å². The molecule has 1 aliphatic heterocycles. The number of aliphatic imine (C=N–C) groups is 1. The van der Waals surface area contributed by atoms with E-state index in [4.69, 9.17) is 12.2 Å². The Hall–Kier alpha value is -2.60. The van der Waals surface area contributed by atoms with Crippen LogP contribution < -0.4 is 16.4 Å². The van der Waals surface area contributed by atoms with E-state index in [-0.39, 0.29) is 1.43 Å². The van der Waals surface area contributed by atoms with Crippen LogP contribution in [0, 0.1) is 18.3 Å². The monoisotopic (exact) mass is 485 g/mol. The lowest BCUT2D eigenvalue weighted by molar-refractivity contribution is 0.192. The normalized spacial score (nSPS) is 15.5. The van der Waals surface area contributed by atoms with Crippen molar-refractivity contribution in [3.63, 3.8) is 0 Å².